The molecule has 1 saturated heterocycles. The topological polar surface area (TPSA) is 163 Å². The molecular weight excluding hydrogens is 488 g/mol. The van der Waals surface area contributed by atoms with Crippen molar-refractivity contribution >= 4 is 28.7 Å². The number of aromatic amines is 2. The number of primary amides is 1. The number of nitrogens with two attached hydrogens (primary N) is 1. The Morgan fingerprint density at radius 3 is 2.34 bits per heavy atom. The number of rotatable bonds is 7. The predicted molar refractivity (Wildman–Crippen MR) is 142 cm³/mol. The van der Waals surface area contributed by atoms with Gasteiger partial charge in [0.2, 0.25) is 5.91 Å². The van der Waals surface area contributed by atoms with Crippen LogP contribution in [0.4, 0.5) is 5.82 Å². The van der Waals surface area contributed by atoms with Crippen LogP contribution >= 0.6 is 0 Å². The lowest BCUT2D eigenvalue weighted by Gasteiger charge is -2.22. The molecule has 0 bridgehead atoms. The molecule has 0 spiro atoms. The molecule has 1 atom stereocenters. The van der Waals surface area contributed by atoms with E-state index in [0.29, 0.717) is 42.4 Å². The van der Waals surface area contributed by atoms with Crippen molar-refractivity contribution in [2.45, 2.75) is 12.5 Å². The highest BCUT2D eigenvalue weighted by Crippen LogP contribution is 2.34. The summed E-state index contributed by atoms with van der Waals surface area (Å²) in [6.45, 7) is 4.37. The van der Waals surface area contributed by atoms with Crippen LogP contribution in [0.15, 0.2) is 76.8 Å². The lowest BCUT2D eigenvalue weighted by Crippen LogP contribution is -2.36. The number of fused-ring (bicyclic) bond motifs is 1. The van der Waals surface area contributed by atoms with Crippen LogP contribution in [-0.2, 0) is 4.79 Å². The van der Waals surface area contributed by atoms with Crippen LogP contribution in [0.5, 0.6) is 11.5 Å². The summed E-state index contributed by atoms with van der Waals surface area (Å²) in [5.41, 5.74) is 4.92. The number of hydrogen-bond acceptors (Lipinski definition) is 7. The maximum Gasteiger partial charge on any atom is 0.314 e. The molecule has 5 rings (SSSR count). The van der Waals surface area contributed by atoms with Crippen molar-refractivity contribution in [1.82, 2.24) is 20.3 Å². The number of anilines is 1. The second kappa shape index (κ2) is 10.1. The van der Waals surface area contributed by atoms with Crippen LogP contribution in [0.3, 0.4) is 0 Å². The molecule has 3 heterocycles. The molecule has 11 heteroatoms. The van der Waals surface area contributed by atoms with Gasteiger partial charge in [-0.2, -0.15) is 0 Å². The normalized spacial score (nSPS) is 14.8. The number of aromatic nitrogens is 3. The van der Waals surface area contributed by atoms with E-state index in [4.69, 9.17) is 15.5 Å². The first-order valence-corrected chi connectivity index (χ1v) is 11.9. The van der Waals surface area contributed by atoms with Gasteiger partial charge in [-0.25, -0.2) is 4.98 Å². The summed E-state index contributed by atoms with van der Waals surface area (Å²) in [6.07, 6.45) is 1.82. The first-order valence-electron chi connectivity index (χ1n) is 11.9. The minimum Gasteiger partial charge on any atom is -0.457 e. The summed E-state index contributed by atoms with van der Waals surface area (Å²) in [5, 5.41) is 2.85. The number of ether oxygens (including phenoxy) is 1. The molecule has 0 unspecified atom stereocenters. The first kappa shape index (κ1) is 24.5. The molecule has 192 valence electrons. The molecule has 1 aliphatic rings. The van der Waals surface area contributed by atoms with Crippen molar-refractivity contribution in [3.8, 4) is 22.8 Å². The molecule has 1 fully saturated rings. The van der Waals surface area contributed by atoms with Crippen molar-refractivity contribution in [1.29, 1.82) is 0 Å². The summed E-state index contributed by atoms with van der Waals surface area (Å²) >= 11 is 0. The van der Waals surface area contributed by atoms with E-state index < -0.39 is 17.0 Å². The fraction of sp³-hybridized carbons (Fsp3) is 0.148. The maximum absolute atomic E-state index is 12.6. The smallest absolute Gasteiger partial charge is 0.314 e. The number of hydrogen-bond donors (Lipinski definition) is 4. The average molecular weight is 513 g/mol. The number of pyridine rings is 1. The Morgan fingerprint density at radius 2 is 1.68 bits per heavy atom. The number of carbonyl (C=O) groups is 2. The molecule has 1 aliphatic heterocycles. The average Bonchev–Trinajstić information content (AvgIpc) is 3.37. The molecular formula is C27H24N6O5. The minimum absolute atomic E-state index is 0.0375. The highest BCUT2D eigenvalue weighted by atomic mass is 16.5. The summed E-state index contributed by atoms with van der Waals surface area (Å²) in [6, 6.07) is 16.0. The van der Waals surface area contributed by atoms with Gasteiger partial charge in [0.15, 0.2) is 5.82 Å². The molecule has 5 N–H and O–H groups in total. The maximum atomic E-state index is 12.6. The number of H-pyrrole nitrogens is 2. The van der Waals surface area contributed by atoms with Crippen LogP contribution in [0.1, 0.15) is 16.8 Å². The molecule has 4 aromatic rings. The zero-order valence-corrected chi connectivity index (χ0v) is 20.2. The van der Waals surface area contributed by atoms with Crippen molar-refractivity contribution in [3.63, 3.8) is 0 Å². The van der Waals surface area contributed by atoms with Crippen molar-refractivity contribution in [2.75, 3.05) is 18.0 Å². The Balaban J connectivity index is 1.61. The molecule has 0 saturated carbocycles. The van der Waals surface area contributed by atoms with Crippen LogP contribution in [-0.4, -0.2) is 45.9 Å². The Morgan fingerprint density at radius 1 is 1.03 bits per heavy atom. The molecule has 2 amide bonds. The van der Waals surface area contributed by atoms with Crippen LogP contribution in [0.25, 0.3) is 22.3 Å². The second-order valence-corrected chi connectivity index (χ2v) is 8.77. The van der Waals surface area contributed by atoms with Gasteiger partial charge in [0.1, 0.15) is 17.0 Å². The summed E-state index contributed by atoms with van der Waals surface area (Å²) in [5.74, 6) is 0.453. The van der Waals surface area contributed by atoms with Gasteiger partial charge in [-0.15, -0.1) is 0 Å². The van der Waals surface area contributed by atoms with E-state index in [2.05, 4.69) is 21.9 Å². The van der Waals surface area contributed by atoms with Gasteiger partial charge in [-0.1, -0.05) is 24.8 Å². The standard InChI is InChI=1S/C27H24N6O5/c1-2-19(34)29-16-12-13-33(14-16)25-23-22(31-26(36)27(37)32-23)20(24(28)35)21(30-25)15-8-10-18(11-9-15)38-17-6-4-3-5-7-17/h2-11,16H,1,12-14H2,(H2,28,35)(H,29,34)(H,31,36)(H,32,37)/t16-/m1/s1. The van der Waals surface area contributed by atoms with E-state index in [1.807, 2.05) is 35.2 Å². The fourth-order valence-electron chi connectivity index (χ4n) is 4.47. The molecule has 38 heavy (non-hydrogen) atoms. The number of amides is 2. The minimum atomic E-state index is -0.924. The van der Waals surface area contributed by atoms with E-state index in [1.54, 1.807) is 24.3 Å². The van der Waals surface area contributed by atoms with Crippen molar-refractivity contribution in [3.05, 3.63) is 93.5 Å². The number of carbonyl (C=O) groups excluding carboxylic acids is 2. The first-order chi connectivity index (χ1) is 18.3. The van der Waals surface area contributed by atoms with E-state index in [0.717, 1.165) is 0 Å². The van der Waals surface area contributed by atoms with Crippen LogP contribution in [0.2, 0.25) is 0 Å². The monoisotopic (exact) mass is 512 g/mol. The summed E-state index contributed by atoms with van der Waals surface area (Å²) in [4.78, 5) is 60.6. The third-order valence-corrected chi connectivity index (χ3v) is 6.23. The van der Waals surface area contributed by atoms with Gasteiger partial charge in [-0.3, -0.25) is 19.2 Å². The number of benzene rings is 2. The highest BCUT2D eigenvalue weighted by Gasteiger charge is 2.29. The number of nitrogens with zero attached hydrogens (tertiary/aromatic N) is 2. The predicted octanol–water partition coefficient (Wildman–Crippen LogP) is 2.05. The highest BCUT2D eigenvalue weighted by molar-refractivity contribution is 6.11. The van der Waals surface area contributed by atoms with Gasteiger partial charge < -0.3 is 30.7 Å². The summed E-state index contributed by atoms with van der Waals surface area (Å²) in [7, 11) is 0. The SMILES string of the molecule is C=CC(=O)N[C@@H]1CCN(c2nc(-c3ccc(Oc4ccccc4)cc3)c(C(N)=O)c3[nH]c(=O)c(=O)[nH]c23)C1. The lowest BCUT2D eigenvalue weighted by atomic mass is 10.0. The van der Waals surface area contributed by atoms with E-state index in [9.17, 15) is 19.2 Å². The Hall–Kier alpha value is -5.19. The second-order valence-electron chi connectivity index (χ2n) is 8.77. The quantitative estimate of drug-likeness (QED) is 0.217. The molecule has 11 nitrogen and oxygen atoms in total. The van der Waals surface area contributed by atoms with Crippen molar-refractivity contribution < 1.29 is 14.3 Å². The molecule has 0 radical (unpaired) electrons. The van der Waals surface area contributed by atoms with Gasteiger partial charge in [0.25, 0.3) is 5.91 Å². The molecule has 2 aromatic heterocycles. The van der Waals surface area contributed by atoms with Crippen molar-refractivity contribution in [2.24, 2.45) is 5.73 Å². The zero-order chi connectivity index (χ0) is 26.8. The Kier molecular flexibility index (Phi) is 6.48. The zero-order valence-electron chi connectivity index (χ0n) is 20.2. The largest absolute Gasteiger partial charge is 0.457 e. The molecule has 0 aliphatic carbocycles. The van der Waals surface area contributed by atoms with Gasteiger partial charge in [0.05, 0.1) is 16.8 Å². The van der Waals surface area contributed by atoms with Gasteiger partial charge in [-0.05, 0) is 48.9 Å². The van der Waals surface area contributed by atoms with E-state index in [-0.39, 0.29) is 34.2 Å². The third-order valence-electron chi connectivity index (χ3n) is 6.23. The summed E-state index contributed by atoms with van der Waals surface area (Å²) < 4.78 is 5.85. The van der Waals surface area contributed by atoms with Crippen LogP contribution < -0.4 is 31.8 Å². The lowest BCUT2D eigenvalue weighted by molar-refractivity contribution is -0.117. The van der Waals surface area contributed by atoms with Crippen LogP contribution in [0, 0.1) is 0 Å². The Labute approximate surface area is 216 Å². The number of para-hydroxylation sites is 1. The van der Waals surface area contributed by atoms with Gasteiger partial charge in [0, 0.05) is 24.7 Å². The fourth-order valence-corrected chi connectivity index (χ4v) is 4.47. The third kappa shape index (κ3) is 4.76. The van der Waals surface area contributed by atoms with Gasteiger partial charge >= 0.3 is 11.1 Å². The van der Waals surface area contributed by atoms with E-state index >= 15 is 0 Å². The van der Waals surface area contributed by atoms with E-state index in [1.165, 1.54) is 6.08 Å². The Bertz CT molecular complexity index is 1660. The molecule has 2 aromatic carbocycles. The number of nitrogens with one attached hydrogen (secondary N) is 3.